The van der Waals surface area contributed by atoms with Crippen LogP contribution in [0.2, 0.25) is 0 Å². The van der Waals surface area contributed by atoms with Gasteiger partial charge < -0.3 is 20.9 Å². The number of hydrogen-bond donors (Lipinski definition) is 3. The SMILES string of the molecule is CC(C)[C@H](NC(=O)CCC(=O)OCCN1CCN(CCN=CC2=C(O)CC(c3ccccc3)CC2=O)CC1)C(N)=O. The van der Waals surface area contributed by atoms with Crippen LogP contribution < -0.4 is 11.1 Å². The van der Waals surface area contributed by atoms with Crippen LogP contribution >= 0.6 is 0 Å². The smallest absolute Gasteiger partial charge is 0.306 e. The maximum atomic E-state index is 12.6. The molecule has 2 amide bonds. The van der Waals surface area contributed by atoms with Crippen LogP contribution in [0.1, 0.15) is 51.0 Å². The third kappa shape index (κ3) is 10.4. The molecule has 1 aromatic rings. The molecule has 1 heterocycles. The molecule has 3 rings (SSSR count). The van der Waals surface area contributed by atoms with Crippen molar-refractivity contribution in [3.8, 4) is 0 Å². The van der Waals surface area contributed by atoms with Crippen molar-refractivity contribution >= 4 is 29.8 Å². The number of amides is 2. The van der Waals surface area contributed by atoms with Gasteiger partial charge in [0.2, 0.25) is 11.8 Å². The number of aliphatic imine (C=N–C) groups is 1. The molecule has 1 aliphatic carbocycles. The number of allylic oxidation sites excluding steroid dienone is 2. The number of carbonyl (C=O) groups excluding carboxylic acids is 4. The minimum atomic E-state index is -0.760. The first-order valence-corrected chi connectivity index (χ1v) is 14.3. The van der Waals surface area contributed by atoms with Gasteiger partial charge >= 0.3 is 5.97 Å². The summed E-state index contributed by atoms with van der Waals surface area (Å²) in [4.78, 5) is 56.9. The minimum absolute atomic E-state index is 0.000575. The molecule has 0 aromatic heterocycles. The normalized spacial score (nSPS) is 19.5. The minimum Gasteiger partial charge on any atom is -0.511 e. The van der Waals surface area contributed by atoms with E-state index in [1.54, 1.807) is 13.8 Å². The van der Waals surface area contributed by atoms with Crippen molar-refractivity contribution in [3.05, 3.63) is 47.2 Å². The number of piperazine rings is 1. The van der Waals surface area contributed by atoms with E-state index in [1.807, 2.05) is 30.3 Å². The maximum absolute atomic E-state index is 12.6. The summed E-state index contributed by atoms with van der Waals surface area (Å²) in [5.74, 6) is -1.56. The average molecular weight is 570 g/mol. The van der Waals surface area contributed by atoms with Gasteiger partial charge in [-0.15, -0.1) is 0 Å². The van der Waals surface area contributed by atoms with Crippen molar-refractivity contribution in [2.45, 2.75) is 51.5 Å². The molecule has 2 aliphatic rings. The summed E-state index contributed by atoms with van der Waals surface area (Å²) < 4.78 is 5.27. The lowest BCUT2D eigenvalue weighted by Gasteiger charge is -2.34. The van der Waals surface area contributed by atoms with Gasteiger partial charge in [0.1, 0.15) is 18.4 Å². The molecule has 1 aromatic carbocycles. The Kier molecular flexibility index (Phi) is 12.5. The first kappa shape index (κ1) is 32.0. The molecule has 1 aliphatic heterocycles. The number of Topliss-reactive ketones (excluding diaryl/α,β-unsaturated/α-hetero) is 1. The molecule has 2 atom stereocenters. The quantitative estimate of drug-likeness (QED) is 0.225. The van der Waals surface area contributed by atoms with Crippen molar-refractivity contribution in [2.75, 3.05) is 52.4 Å². The molecule has 1 saturated heterocycles. The van der Waals surface area contributed by atoms with Gasteiger partial charge in [0.05, 0.1) is 18.5 Å². The number of ketones is 1. The zero-order valence-electron chi connectivity index (χ0n) is 24.1. The van der Waals surface area contributed by atoms with Gasteiger partial charge in [0, 0.05) is 64.7 Å². The Morgan fingerprint density at radius 2 is 1.73 bits per heavy atom. The van der Waals surface area contributed by atoms with Crippen LogP contribution in [0, 0.1) is 5.92 Å². The number of esters is 1. The van der Waals surface area contributed by atoms with E-state index in [0.29, 0.717) is 31.5 Å². The summed E-state index contributed by atoms with van der Waals surface area (Å²) >= 11 is 0. The Morgan fingerprint density at radius 1 is 1.07 bits per heavy atom. The Hall–Kier alpha value is -3.57. The van der Waals surface area contributed by atoms with Crippen LogP contribution in [0.4, 0.5) is 0 Å². The summed E-state index contributed by atoms with van der Waals surface area (Å²) in [7, 11) is 0. The van der Waals surface area contributed by atoms with E-state index in [1.165, 1.54) is 6.21 Å². The van der Waals surface area contributed by atoms with Gasteiger partial charge in [-0.3, -0.25) is 34.0 Å². The Balaban J connectivity index is 1.28. The number of benzene rings is 1. The van der Waals surface area contributed by atoms with E-state index in [4.69, 9.17) is 10.5 Å². The number of carbonyl (C=O) groups is 4. The van der Waals surface area contributed by atoms with E-state index >= 15 is 0 Å². The number of nitrogens with zero attached hydrogens (tertiary/aromatic N) is 3. The highest BCUT2D eigenvalue weighted by Gasteiger charge is 2.27. The molecule has 11 heteroatoms. The van der Waals surface area contributed by atoms with E-state index in [2.05, 4.69) is 20.1 Å². The Morgan fingerprint density at radius 3 is 2.34 bits per heavy atom. The zero-order chi connectivity index (χ0) is 29.8. The number of hydrogen-bond acceptors (Lipinski definition) is 9. The van der Waals surface area contributed by atoms with E-state index in [0.717, 1.165) is 38.3 Å². The molecule has 4 N–H and O–H groups in total. The van der Waals surface area contributed by atoms with Gasteiger partial charge in [0.15, 0.2) is 5.78 Å². The summed E-state index contributed by atoms with van der Waals surface area (Å²) in [5, 5.41) is 13.0. The van der Waals surface area contributed by atoms with Crippen molar-refractivity contribution < 1.29 is 29.0 Å². The first-order valence-electron chi connectivity index (χ1n) is 14.3. The lowest BCUT2D eigenvalue weighted by molar-refractivity contribution is -0.145. The second-order valence-electron chi connectivity index (χ2n) is 10.9. The second kappa shape index (κ2) is 16.0. The van der Waals surface area contributed by atoms with Gasteiger partial charge in [-0.2, -0.15) is 0 Å². The first-order chi connectivity index (χ1) is 19.6. The summed E-state index contributed by atoms with van der Waals surface area (Å²) in [6.45, 7) is 9.09. The lowest BCUT2D eigenvalue weighted by atomic mass is 9.83. The molecule has 1 unspecified atom stereocenters. The van der Waals surface area contributed by atoms with E-state index in [9.17, 15) is 24.3 Å². The summed E-state index contributed by atoms with van der Waals surface area (Å²) in [6, 6.07) is 9.03. The van der Waals surface area contributed by atoms with Crippen LogP contribution in [-0.4, -0.2) is 103 Å². The predicted molar refractivity (Wildman–Crippen MR) is 155 cm³/mol. The molecule has 11 nitrogen and oxygen atoms in total. The van der Waals surface area contributed by atoms with Crippen molar-refractivity contribution in [1.82, 2.24) is 15.1 Å². The molecular weight excluding hydrogens is 526 g/mol. The monoisotopic (exact) mass is 569 g/mol. The third-order valence-electron chi connectivity index (χ3n) is 7.50. The fourth-order valence-electron chi connectivity index (χ4n) is 5.00. The van der Waals surface area contributed by atoms with Gasteiger partial charge in [-0.1, -0.05) is 44.2 Å². The molecule has 41 heavy (non-hydrogen) atoms. The fourth-order valence-corrected chi connectivity index (χ4v) is 5.00. The highest BCUT2D eigenvalue weighted by molar-refractivity contribution is 6.14. The Labute approximate surface area is 241 Å². The number of rotatable bonds is 14. The number of aliphatic hydroxyl groups is 1. The largest absolute Gasteiger partial charge is 0.511 e. The average Bonchev–Trinajstić information content (AvgIpc) is 2.94. The van der Waals surface area contributed by atoms with E-state index in [-0.39, 0.29) is 42.8 Å². The summed E-state index contributed by atoms with van der Waals surface area (Å²) in [5.41, 5.74) is 6.67. The predicted octanol–water partition coefficient (Wildman–Crippen LogP) is 1.58. The number of nitrogens with two attached hydrogens (primary N) is 1. The molecule has 0 bridgehead atoms. The van der Waals surface area contributed by atoms with E-state index < -0.39 is 23.8 Å². The number of ether oxygens (including phenoxy) is 1. The second-order valence-corrected chi connectivity index (χ2v) is 10.9. The fraction of sp³-hybridized carbons (Fsp3) is 0.567. The standard InChI is InChI=1S/C30H43N5O6/c1-21(2)29(30(31)40)33-27(38)8-9-28(39)41-17-16-35-14-12-34(13-15-35)11-10-32-20-24-25(36)18-23(19-26(24)37)22-6-4-3-5-7-22/h3-7,20-21,23,29,36H,8-19H2,1-2H3,(H2,31,40)(H,33,38)/t23?,29-/m0/s1. The summed E-state index contributed by atoms with van der Waals surface area (Å²) in [6.07, 6.45) is 2.22. The van der Waals surface area contributed by atoms with Gasteiger partial charge in [-0.25, -0.2) is 0 Å². The lowest BCUT2D eigenvalue weighted by Crippen LogP contribution is -2.48. The van der Waals surface area contributed by atoms with Crippen LogP contribution in [-0.2, 0) is 23.9 Å². The van der Waals surface area contributed by atoms with Crippen LogP contribution in [0.5, 0.6) is 0 Å². The topological polar surface area (TPSA) is 155 Å². The highest BCUT2D eigenvalue weighted by Crippen LogP contribution is 2.32. The molecule has 0 saturated carbocycles. The van der Waals surface area contributed by atoms with Crippen LogP contribution in [0.3, 0.4) is 0 Å². The van der Waals surface area contributed by atoms with Crippen LogP contribution in [0.15, 0.2) is 46.7 Å². The molecular formula is C30H43N5O6. The third-order valence-corrected chi connectivity index (χ3v) is 7.50. The van der Waals surface area contributed by atoms with Crippen molar-refractivity contribution in [3.63, 3.8) is 0 Å². The van der Waals surface area contributed by atoms with Crippen molar-refractivity contribution in [2.24, 2.45) is 16.6 Å². The number of aliphatic hydroxyl groups excluding tert-OH is 1. The van der Waals surface area contributed by atoms with Crippen LogP contribution in [0.25, 0.3) is 0 Å². The zero-order valence-corrected chi connectivity index (χ0v) is 24.1. The molecule has 224 valence electrons. The number of primary amides is 1. The molecule has 1 fully saturated rings. The molecule has 0 radical (unpaired) electrons. The number of nitrogens with one attached hydrogen (secondary N) is 1. The van der Waals surface area contributed by atoms with Gasteiger partial charge in [-0.05, 0) is 17.4 Å². The highest BCUT2D eigenvalue weighted by atomic mass is 16.5. The van der Waals surface area contributed by atoms with Gasteiger partial charge in [0.25, 0.3) is 0 Å². The maximum Gasteiger partial charge on any atom is 0.306 e. The Bertz CT molecular complexity index is 1110. The molecule has 0 spiro atoms. The van der Waals surface area contributed by atoms with Crippen molar-refractivity contribution in [1.29, 1.82) is 0 Å².